The Labute approximate surface area is 219 Å². The van der Waals surface area contributed by atoms with Gasteiger partial charge in [-0.3, -0.25) is 24.5 Å². The van der Waals surface area contributed by atoms with E-state index in [0.29, 0.717) is 5.69 Å². The van der Waals surface area contributed by atoms with E-state index in [1.165, 1.54) is 35.4 Å². The summed E-state index contributed by atoms with van der Waals surface area (Å²) in [5, 5.41) is 13.3. The van der Waals surface area contributed by atoms with E-state index in [2.05, 4.69) is 0 Å². The molecule has 3 aromatic carbocycles. The maximum atomic E-state index is 13.7. The number of nitrogens with zero attached hydrogens (tertiary/aromatic N) is 3. The molecule has 2 aliphatic heterocycles. The molecule has 3 atom stereocenters. The Morgan fingerprint density at radius 2 is 1.63 bits per heavy atom. The van der Waals surface area contributed by atoms with Crippen LogP contribution in [0.1, 0.15) is 11.8 Å². The van der Waals surface area contributed by atoms with Crippen molar-refractivity contribution in [3.05, 3.63) is 112 Å². The van der Waals surface area contributed by atoms with Gasteiger partial charge in [-0.1, -0.05) is 29.8 Å². The summed E-state index contributed by atoms with van der Waals surface area (Å²) < 4.78 is 19.6. The minimum Gasteiger partial charge on any atom is -0.458 e. The first-order valence-corrected chi connectivity index (χ1v) is 11.9. The van der Waals surface area contributed by atoms with E-state index in [9.17, 15) is 24.1 Å². The van der Waals surface area contributed by atoms with E-state index >= 15 is 0 Å². The third-order valence-electron chi connectivity index (χ3n) is 6.55. The molecule has 0 bridgehead atoms. The molecule has 1 aromatic heterocycles. The smallest absolute Gasteiger partial charge is 0.281 e. The van der Waals surface area contributed by atoms with Crippen molar-refractivity contribution in [1.82, 2.24) is 0 Å². The van der Waals surface area contributed by atoms with E-state index in [1.807, 2.05) is 6.07 Å². The first kappa shape index (κ1) is 23.8. The molecule has 0 N–H and O–H groups in total. The van der Waals surface area contributed by atoms with Gasteiger partial charge in [0.25, 0.3) is 11.6 Å². The van der Waals surface area contributed by atoms with Gasteiger partial charge in [0, 0.05) is 11.1 Å². The van der Waals surface area contributed by atoms with Crippen molar-refractivity contribution >= 4 is 40.5 Å². The number of carbonyl (C=O) groups is 2. The highest BCUT2D eigenvalue weighted by Gasteiger charge is 2.61. The SMILES string of the molecule is O=C1[C@@H]2[C@H](ON(c3ccccc3)[C@H]2c2ccc(-c3ccc(Cl)cc3[N+](=O)[O-])o2)C(=O)N1c1ccc(F)cc1. The average Bonchev–Trinajstić information content (AvgIpc) is 3.60. The molecule has 0 unspecified atom stereocenters. The molecule has 38 heavy (non-hydrogen) atoms. The van der Waals surface area contributed by atoms with Crippen LogP contribution in [0.5, 0.6) is 0 Å². The van der Waals surface area contributed by atoms with Gasteiger partial charge < -0.3 is 4.42 Å². The molecule has 2 fully saturated rings. The van der Waals surface area contributed by atoms with Crippen LogP contribution < -0.4 is 9.96 Å². The van der Waals surface area contributed by atoms with E-state index in [0.717, 1.165) is 17.0 Å². The van der Waals surface area contributed by atoms with E-state index < -0.39 is 40.6 Å². The Kier molecular flexibility index (Phi) is 5.70. The normalized spacial score (nSPS) is 20.7. The summed E-state index contributed by atoms with van der Waals surface area (Å²) in [6, 6.07) is 20.4. The quantitative estimate of drug-likeness (QED) is 0.184. The molecule has 4 aromatic rings. The summed E-state index contributed by atoms with van der Waals surface area (Å²) >= 11 is 5.95. The predicted octanol–water partition coefficient (Wildman–Crippen LogP) is 5.70. The van der Waals surface area contributed by atoms with Crippen molar-refractivity contribution in [3.8, 4) is 11.3 Å². The molecule has 2 amide bonds. The summed E-state index contributed by atoms with van der Waals surface area (Å²) in [6.45, 7) is 0. The van der Waals surface area contributed by atoms with Gasteiger partial charge in [-0.15, -0.1) is 0 Å². The number of hydroxylamine groups is 1. The van der Waals surface area contributed by atoms with Crippen molar-refractivity contribution in [2.24, 2.45) is 5.92 Å². The van der Waals surface area contributed by atoms with Crippen molar-refractivity contribution in [1.29, 1.82) is 0 Å². The van der Waals surface area contributed by atoms with Crippen molar-refractivity contribution in [2.45, 2.75) is 12.1 Å². The fourth-order valence-electron chi connectivity index (χ4n) is 4.87. The zero-order valence-corrected chi connectivity index (χ0v) is 20.1. The highest BCUT2D eigenvalue weighted by atomic mass is 35.5. The Balaban J connectivity index is 1.43. The lowest BCUT2D eigenvalue weighted by Gasteiger charge is -2.27. The Morgan fingerprint density at radius 3 is 2.34 bits per heavy atom. The molecule has 0 radical (unpaired) electrons. The Morgan fingerprint density at radius 1 is 0.895 bits per heavy atom. The van der Waals surface area contributed by atoms with Gasteiger partial charge >= 0.3 is 0 Å². The number of fused-ring (bicyclic) bond motifs is 1. The van der Waals surface area contributed by atoms with Crippen LogP contribution in [0.4, 0.5) is 21.5 Å². The maximum Gasteiger partial charge on any atom is 0.281 e. The second-order valence-electron chi connectivity index (χ2n) is 8.77. The minimum atomic E-state index is -1.16. The van der Waals surface area contributed by atoms with Gasteiger partial charge in [-0.25, -0.2) is 14.4 Å². The van der Waals surface area contributed by atoms with Crippen molar-refractivity contribution < 1.29 is 28.2 Å². The second kappa shape index (κ2) is 9.09. The molecule has 2 aliphatic rings. The number of hydrogen-bond donors (Lipinski definition) is 0. The molecule has 11 heteroatoms. The summed E-state index contributed by atoms with van der Waals surface area (Å²) in [5.74, 6) is -2.17. The number of halogens is 2. The van der Waals surface area contributed by atoms with E-state index in [-0.39, 0.29) is 33.5 Å². The van der Waals surface area contributed by atoms with E-state index in [4.69, 9.17) is 20.9 Å². The van der Waals surface area contributed by atoms with Crippen LogP contribution in [-0.4, -0.2) is 22.8 Å². The van der Waals surface area contributed by atoms with Gasteiger partial charge in [0.15, 0.2) is 6.10 Å². The lowest BCUT2D eigenvalue weighted by atomic mass is 9.94. The number of benzene rings is 3. The lowest BCUT2D eigenvalue weighted by Crippen LogP contribution is -2.37. The molecule has 6 rings (SSSR count). The fourth-order valence-corrected chi connectivity index (χ4v) is 5.03. The number of carbonyl (C=O) groups excluding carboxylic acids is 2. The molecule has 3 heterocycles. The van der Waals surface area contributed by atoms with Crippen LogP contribution in [0.25, 0.3) is 11.3 Å². The van der Waals surface area contributed by atoms with E-state index in [1.54, 1.807) is 36.4 Å². The summed E-state index contributed by atoms with van der Waals surface area (Å²) in [5.41, 5.74) is 0.764. The first-order chi connectivity index (χ1) is 18.3. The van der Waals surface area contributed by atoms with Crippen LogP contribution >= 0.6 is 11.6 Å². The van der Waals surface area contributed by atoms with Gasteiger partial charge in [0.05, 0.1) is 21.9 Å². The minimum absolute atomic E-state index is 0.187. The highest BCUT2D eigenvalue weighted by Crippen LogP contribution is 2.48. The largest absolute Gasteiger partial charge is 0.458 e. The van der Waals surface area contributed by atoms with Gasteiger partial charge in [0.2, 0.25) is 5.91 Å². The van der Waals surface area contributed by atoms with Crippen LogP contribution in [0.15, 0.2) is 89.3 Å². The number of nitro groups is 1. The van der Waals surface area contributed by atoms with Gasteiger partial charge in [-0.2, -0.15) is 0 Å². The van der Waals surface area contributed by atoms with Crippen molar-refractivity contribution in [2.75, 3.05) is 9.96 Å². The topological polar surface area (TPSA) is 106 Å². The molecule has 0 spiro atoms. The number of para-hydroxylation sites is 1. The maximum absolute atomic E-state index is 13.7. The molecule has 9 nitrogen and oxygen atoms in total. The number of anilines is 2. The van der Waals surface area contributed by atoms with Crippen LogP contribution in [0, 0.1) is 21.8 Å². The molecule has 2 saturated heterocycles. The number of rotatable bonds is 5. The monoisotopic (exact) mass is 533 g/mol. The third-order valence-corrected chi connectivity index (χ3v) is 6.79. The number of amides is 2. The summed E-state index contributed by atoms with van der Waals surface area (Å²) in [7, 11) is 0. The van der Waals surface area contributed by atoms with Crippen LogP contribution in [-0.2, 0) is 14.4 Å². The number of nitro benzene ring substituents is 1. The zero-order chi connectivity index (χ0) is 26.6. The number of hydrogen-bond acceptors (Lipinski definition) is 7. The lowest BCUT2D eigenvalue weighted by molar-refractivity contribution is -0.384. The number of imide groups is 1. The standard InChI is InChI=1S/C27H17ClFN3O6/c28-15-6-11-19(20(14-15)32(35)36)21-12-13-22(37-21)24-23-25(38-31(24)18-4-2-1-3-5-18)27(34)30(26(23)33)17-9-7-16(29)8-10-17/h1-14,23-25H/t23-,24-,25-/m0/s1. The molecular formula is C27H17ClFN3O6. The molecule has 0 saturated carbocycles. The van der Waals surface area contributed by atoms with Crippen molar-refractivity contribution in [3.63, 3.8) is 0 Å². The fraction of sp³-hybridized carbons (Fsp3) is 0.111. The first-order valence-electron chi connectivity index (χ1n) is 11.5. The molecule has 190 valence electrons. The second-order valence-corrected chi connectivity index (χ2v) is 9.20. The Hall–Kier alpha value is -4.54. The van der Waals surface area contributed by atoms with Crippen LogP contribution in [0.3, 0.4) is 0 Å². The molecular weight excluding hydrogens is 517 g/mol. The van der Waals surface area contributed by atoms with Gasteiger partial charge in [-0.05, 0) is 60.7 Å². The van der Waals surface area contributed by atoms with Crippen LogP contribution in [0.2, 0.25) is 5.02 Å². The number of furan rings is 1. The summed E-state index contributed by atoms with van der Waals surface area (Å²) in [4.78, 5) is 45.1. The molecule has 0 aliphatic carbocycles. The Bertz CT molecular complexity index is 1580. The third kappa shape index (κ3) is 3.82. The average molecular weight is 534 g/mol. The van der Waals surface area contributed by atoms with Gasteiger partial charge in [0.1, 0.15) is 29.3 Å². The zero-order valence-electron chi connectivity index (χ0n) is 19.4. The highest BCUT2D eigenvalue weighted by molar-refractivity contribution is 6.31. The summed E-state index contributed by atoms with van der Waals surface area (Å²) in [6.07, 6.45) is -1.16. The predicted molar refractivity (Wildman–Crippen MR) is 135 cm³/mol.